The zero-order valence-corrected chi connectivity index (χ0v) is 10.9. The van der Waals surface area contributed by atoms with Crippen molar-refractivity contribution in [3.05, 3.63) is 23.8 Å². The van der Waals surface area contributed by atoms with Gasteiger partial charge >= 0.3 is 5.97 Å². The fourth-order valence-corrected chi connectivity index (χ4v) is 2.66. The van der Waals surface area contributed by atoms with Gasteiger partial charge in [-0.15, -0.1) is 5.10 Å². The van der Waals surface area contributed by atoms with Gasteiger partial charge in [-0.3, -0.25) is 4.79 Å². The van der Waals surface area contributed by atoms with Crippen LogP contribution < -0.4 is 0 Å². The monoisotopic (exact) mass is 260 g/mol. The van der Waals surface area contributed by atoms with Gasteiger partial charge in [-0.05, 0) is 18.9 Å². The summed E-state index contributed by atoms with van der Waals surface area (Å²) in [5.41, 5.74) is 1.14. The lowest BCUT2D eigenvalue weighted by molar-refractivity contribution is -0.139. The van der Waals surface area contributed by atoms with Crippen molar-refractivity contribution in [2.24, 2.45) is 0 Å². The van der Waals surface area contributed by atoms with Crippen LogP contribution in [0.15, 0.2) is 12.3 Å². The van der Waals surface area contributed by atoms with E-state index in [2.05, 4.69) is 19.8 Å². The topological polar surface area (TPSA) is 69.4 Å². The normalized spacial score (nSPS) is 16.1. The second kappa shape index (κ2) is 4.95. The van der Waals surface area contributed by atoms with Crippen LogP contribution in [0.4, 0.5) is 0 Å². The van der Waals surface area contributed by atoms with Crippen molar-refractivity contribution in [1.82, 2.24) is 19.6 Å². The highest BCUT2D eigenvalue weighted by atomic mass is 16.5. The molecular formula is C13H16N4O2. The maximum Gasteiger partial charge on any atom is 0.313 e. The Balaban J connectivity index is 1.97. The van der Waals surface area contributed by atoms with Crippen LogP contribution in [-0.4, -0.2) is 32.7 Å². The summed E-state index contributed by atoms with van der Waals surface area (Å²) in [5.74, 6) is 1.21. The summed E-state index contributed by atoms with van der Waals surface area (Å²) in [5, 5.41) is 4.39. The molecule has 6 nitrogen and oxygen atoms in total. The first-order valence-corrected chi connectivity index (χ1v) is 6.55. The molecule has 1 fully saturated rings. The molecule has 1 aliphatic carbocycles. The SMILES string of the molecule is COC(=O)Cc1nc2nccc(C3CCCC3)n2n1. The summed E-state index contributed by atoms with van der Waals surface area (Å²) >= 11 is 0. The predicted molar refractivity (Wildman–Crippen MR) is 67.7 cm³/mol. The first-order valence-electron chi connectivity index (χ1n) is 6.55. The maximum absolute atomic E-state index is 11.3. The molecule has 0 unspecified atom stereocenters. The van der Waals surface area contributed by atoms with Gasteiger partial charge in [0.05, 0.1) is 12.8 Å². The van der Waals surface area contributed by atoms with Gasteiger partial charge in [0.25, 0.3) is 5.78 Å². The molecule has 2 aromatic rings. The lowest BCUT2D eigenvalue weighted by Gasteiger charge is -2.09. The fourth-order valence-electron chi connectivity index (χ4n) is 2.66. The quantitative estimate of drug-likeness (QED) is 0.782. The lowest BCUT2D eigenvalue weighted by atomic mass is 10.0. The Kier molecular flexibility index (Phi) is 3.15. The van der Waals surface area contributed by atoms with Gasteiger partial charge in [0.1, 0.15) is 6.42 Å². The number of esters is 1. The van der Waals surface area contributed by atoms with Crippen LogP contribution in [0.2, 0.25) is 0 Å². The third kappa shape index (κ3) is 2.30. The maximum atomic E-state index is 11.3. The van der Waals surface area contributed by atoms with E-state index >= 15 is 0 Å². The van der Waals surface area contributed by atoms with E-state index in [4.69, 9.17) is 0 Å². The van der Waals surface area contributed by atoms with E-state index in [-0.39, 0.29) is 12.4 Å². The number of carbonyl (C=O) groups excluding carboxylic acids is 1. The number of aromatic nitrogens is 4. The van der Waals surface area contributed by atoms with Crippen LogP contribution in [0.25, 0.3) is 5.78 Å². The molecule has 0 aliphatic heterocycles. The van der Waals surface area contributed by atoms with Crippen LogP contribution in [0.3, 0.4) is 0 Å². The van der Waals surface area contributed by atoms with Gasteiger partial charge < -0.3 is 4.74 Å². The molecule has 0 N–H and O–H groups in total. The van der Waals surface area contributed by atoms with E-state index in [0.29, 0.717) is 17.5 Å². The largest absolute Gasteiger partial charge is 0.469 e. The van der Waals surface area contributed by atoms with Gasteiger partial charge in [0.15, 0.2) is 5.82 Å². The van der Waals surface area contributed by atoms with Crippen molar-refractivity contribution in [1.29, 1.82) is 0 Å². The summed E-state index contributed by atoms with van der Waals surface area (Å²) in [6, 6.07) is 2.00. The highest BCUT2D eigenvalue weighted by Crippen LogP contribution is 2.33. The Labute approximate surface area is 110 Å². The number of hydrogen-bond donors (Lipinski definition) is 0. The molecular weight excluding hydrogens is 244 g/mol. The summed E-state index contributed by atoms with van der Waals surface area (Å²) < 4.78 is 6.40. The van der Waals surface area contributed by atoms with Crippen molar-refractivity contribution in [3.8, 4) is 0 Å². The molecule has 0 spiro atoms. The smallest absolute Gasteiger partial charge is 0.313 e. The highest BCUT2D eigenvalue weighted by molar-refractivity contribution is 5.71. The van der Waals surface area contributed by atoms with Crippen molar-refractivity contribution in [2.45, 2.75) is 38.0 Å². The van der Waals surface area contributed by atoms with Gasteiger partial charge in [0, 0.05) is 12.1 Å². The summed E-state index contributed by atoms with van der Waals surface area (Å²) in [6.07, 6.45) is 6.75. The molecule has 0 saturated heterocycles. The summed E-state index contributed by atoms with van der Waals surface area (Å²) in [6.45, 7) is 0. The second-order valence-corrected chi connectivity index (χ2v) is 4.84. The molecule has 1 saturated carbocycles. The number of hydrogen-bond acceptors (Lipinski definition) is 5. The Morgan fingerprint density at radius 1 is 1.47 bits per heavy atom. The van der Waals surface area contributed by atoms with Crippen molar-refractivity contribution >= 4 is 11.7 Å². The third-order valence-corrected chi connectivity index (χ3v) is 3.62. The highest BCUT2D eigenvalue weighted by Gasteiger charge is 2.21. The number of methoxy groups -OCH3 is 1. The Morgan fingerprint density at radius 2 is 2.26 bits per heavy atom. The third-order valence-electron chi connectivity index (χ3n) is 3.62. The summed E-state index contributed by atoms with van der Waals surface area (Å²) in [4.78, 5) is 19.7. The predicted octanol–water partition coefficient (Wildman–Crippen LogP) is 1.50. The Hall–Kier alpha value is -1.98. The van der Waals surface area contributed by atoms with Gasteiger partial charge in [-0.1, -0.05) is 12.8 Å². The molecule has 0 aromatic carbocycles. The molecule has 0 amide bonds. The minimum Gasteiger partial charge on any atom is -0.469 e. The van der Waals surface area contributed by atoms with Crippen molar-refractivity contribution in [3.63, 3.8) is 0 Å². The summed E-state index contributed by atoms with van der Waals surface area (Å²) in [7, 11) is 1.36. The van der Waals surface area contributed by atoms with Gasteiger partial charge in [0.2, 0.25) is 0 Å². The average molecular weight is 260 g/mol. The molecule has 0 bridgehead atoms. The Bertz CT molecular complexity index is 602. The number of ether oxygens (including phenoxy) is 1. The molecule has 100 valence electrons. The molecule has 2 heterocycles. The number of rotatable bonds is 3. The van der Waals surface area contributed by atoms with E-state index in [1.165, 1.54) is 32.8 Å². The van der Waals surface area contributed by atoms with E-state index in [0.717, 1.165) is 5.69 Å². The number of carbonyl (C=O) groups is 1. The minimum atomic E-state index is -0.335. The van der Waals surface area contributed by atoms with Crippen LogP contribution in [-0.2, 0) is 16.0 Å². The van der Waals surface area contributed by atoms with Crippen LogP contribution in [0.1, 0.15) is 43.1 Å². The first-order chi connectivity index (χ1) is 9.28. The van der Waals surface area contributed by atoms with E-state index < -0.39 is 0 Å². The van der Waals surface area contributed by atoms with Crippen LogP contribution in [0.5, 0.6) is 0 Å². The lowest BCUT2D eigenvalue weighted by Crippen LogP contribution is -2.07. The van der Waals surface area contributed by atoms with Crippen molar-refractivity contribution in [2.75, 3.05) is 7.11 Å². The molecule has 1 aliphatic rings. The molecule has 3 rings (SSSR count). The molecule has 0 radical (unpaired) electrons. The van der Waals surface area contributed by atoms with Crippen LogP contribution >= 0.6 is 0 Å². The molecule has 2 aromatic heterocycles. The number of nitrogens with zero attached hydrogens (tertiary/aromatic N) is 4. The van der Waals surface area contributed by atoms with Gasteiger partial charge in [-0.25, -0.2) is 9.50 Å². The van der Waals surface area contributed by atoms with Gasteiger partial charge in [-0.2, -0.15) is 4.98 Å². The average Bonchev–Trinajstić information content (AvgIpc) is 3.06. The first kappa shape index (κ1) is 12.1. The van der Waals surface area contributed by atoms with E-state index in [1.54, 1.807) is 10.7 Å². The standard InChI is InChI=1S/C13H16N4O2/c1-19-12(18)8-11-15-13-14-7-6-10(17(13)16-11)9-4-2-3-5-9/h6-7,9H,2-5,8H2,1H3. The van der Waals surface area contributed by atoms with Crippen molar-refractivity contribution < 1.29 is 9.53 Å². The molecule has 6 heteroatoms. The number of fused-ring (bicyclic) bond motifs is 1. The minimum absolute atomic E-state index is 0.0873. The van der Waals surface area contributed by atoms with Crippen LogP contribution in [0, 0.1) is 0 Å². The van der Waals surface area contributed by atoms with E-state index in [9.17, 15) is 4.79 Å². The van der Waals surface area contributed by atoms with E-state index in [1.807, 2.05) is 6.07 Å². The zero-order valence-electron chi connectivity index (χ0n) is 10.9. The molecule has 0 atom stereocenters. The molecule has 19 heavy (non-hydrogen) atoms. The second-order valence-electron chi connectivity index (χ2n) is 4.84. The Morgan fingerprint density at radius 3 is 3.00 bits per heavy atom. The zero-order chi connectivity index (χ0) is 13.2. The fraction of sp³-hybridized carbons (Fsp3) is 0.538.